The van der Waals surface area contributed by atoms with E-state index >= 15 is 0 Å². The van der Waals surface area contributed by atoms with Crippen LogP contribution in [0.25, 0.3) is 28.6 Å². The minimum Gasteiger partial charge on any atom is -0.336 e. The Bertz CT molecular complexity index is 707. The predicted molar refractivity (Wildman–Crippen MR) is 73.3 cm³/mol. The molecule has 2 heteroatoms. The van der Waals surface area contributed by atoms with Crippen molar-refractivity contribution in [2.24, 2.45) is 0 Å². The summed E-state index contributed by atoms with van der Waals surface area (Å²) in [6.07, 6.45) is 6.25. The van der Waals surface area contributed by atoms with Gasteiger partial charge in [0.2, 0.25) is 0 Å². The third kappa shape index (κ3) is 1.26. The van der Waals surface area contributed by atoms with E-state index in [-0.39, 0.29) is 0 Å². The molecule has 0 fully saturated rings. The lowest BCUT2D eigenvalue weighted by atomic mass is 10.0. The van der Waals surface area contributed by atoms with Gasteiger partial charge in [-0.3, -0.25) is 4.98 Å². The fraction of sp³-hybridized carbons (Fsp3) is 0.0625. The predicted octanol–water partition coefficient (Wildman–Crippen LogP) is 3.68. The van der Waals surface area contributed by atoms with Gasteiger partial charge in [-0.1, -0.05) is 36.4 Å². The third-order valence-corrected chi connectivity index (χ3v) is 3.48. The first kappa shape index (κ1) is 9.66. The normalized spacial score (nSPS) is 13.1. The van der Waals surface area contributed by atoms with Crippen LogP contribution in [0.3, 0.4) is 0 Å². The largest absolute Gasteiger partial charge is 0.336 e. The highest BCUT2D eigenvalue weighted by atomic mass is 15.0. The van der Waals surface area contributed by atoms with E-state index in [1.807, 2.05) is 6.20 Å². The van der Waals surface area contributed by atoms with Crippen molar-refractivity contribution in [2.75, 3.05) is 0 Å². The van der Waals surface area contributed by atoms with Crippen LogP contribution in [0.1, 0.15) is 5.69 Å². The number of pyridine rings is 1. The molecular weight excluding hydrogens is 220 g/mol. The Morgan fingerprint density at radius 2 is 1.94 bits per heavy atom. The molecule has 1 aromatic carbocycles. The Labute approximate surface area is 106 Å². The Hall–Kier alpha value is -2.35. The minimum absolute atomic E-state index is 0.945. The summed E-state index contributed by atoms with van der Waals surface area (Å²) in [7, 11) is 0. The first-order chi connectivity index (χ1) is 8.93. The monoisotopic (exact) mass is 232 g/mol. The zero-order chi connectivity index (χ0) is 11.9. The van der Waals surface area contributed by atoms with Gasteiger partial charge in [0, 0.05) is 24.0 Å². The molecule has 0 aromatic heterocycles. The van der Waals surface area contributed by atoms with Crippen molar-refractivity contribution in [3.8, 4) is 22.5 Å². The standard InChI is InChI=1S/C16H12N2/c1-2-5-12(6-3-1)16-14-8-9-17-15(14)11-13-7-4-10-18(13)16/h1-9,11H,10H2. The van der Waals surface area contributed by atoms with Crippen LogP contribution in [0.5, 0.6) is 0 Å². The van der Waals surface area contributed by atoms with E-state index in [1.165, 1.54) is 22.5 Å². The van der Waals surface area contributed by atoms with Gasteiger partial charge in [-0.05, 0) is 23.8 Å². The molecule has 1 aromatic rings. The minimum atomic E-state index is 0.945. The highest BCUT2D eigenvalue weighted by Crippen LogP contribution is 2.36. The van der Waals surface area contributed by atoms with Crippen LogP contribution in [0, 0.1) is 0 Å². The first-order valence-corrected chi connectivity index (χ1v) is 6.14. The van der Waals surface area contributed by atoms with Crippen LogP contribution >= 0.6 is 0 Å². The van der Waals surface area contributed by atoms with Crippen LogP contribution < -0.4 is 0 Å². The molecule has 0 radical (unpaired) electrons. The second kappa shape index (κ2) is 3.57. The molecule has 0 unspecified atom stereocenters. The fourth-order valence-corrected chi connectivity index (χ4v) is 2.68. The summed E-state index contributed by atoms with van der Waals surface area (Å²) in [5, 5.41) is 0. The lowest BCUT2D eigenvalue weighted by Gasteiger charge is -2.17. The molecule has 2 nitrogen and oxygen atoms in total. The molecule has 4 rings (SSSR count). The Balaban J connectivity index is 2.09. The van der Waals surface area contributed by atoms with Crippen molar-refractivity contribution in [1.82, 2.24) is 9.55 Å². The number of aromatic nitrogens is 2. The maximum atomic E-state index is 4.44. The zero-order valence-electron chi connectivity index (χ0n) is 9.88. The van der Waals surface area contributed by atoms with E-state index in [0.29, 0.717) is 0 Å². The van der Waals surface area contributed by atoms with E-state index in [4.69, 9.17) is 0 Å². The van der Waals surface area contributed by atoms with Crippen LogP contribution in [0.4, 0.5) is 0 Å². The number of nitrogens with zero attached hydrogens (tertiary/aromatic N) is 2. The number of rotatable bonds is 1. The smallest absolute Gasteiger partial charge is 0.0744 e. The molecule has 3 heterocycles. The van der Waals surface area contributed by atoms with Gasteiger partial charge in [-0.25, -0.2) is 0 Å². The van der Waals surface area contributed by atoms with Gasteiger partial charge in [0.1, 0.15) is 0 Å². The molecule has 0 N–H and O–H groups in total. The third-order valence-electron chi connectivity index (χ3n) is 3.48. The first-order valence-electron chi connectivity index (χ1n) is 6.14. The summed E-state index contributed by atoms with van der Waals surface area (Å²) < 4.78 is 2.35. The van der Waals surface area contributed by atoms with Gasteiger partial charge < -0.3 is 4.57 Å². The SMILES string of the molecule is C1=Cc2cc3nccc-3c(-c3ccccc3)n2C1. The summed E-state index contributed by atoms with van der Waals surface area (Å²) >= 11 is 0. The van der Waals surface area contributed by atoms with E-state index < -0.39 is 0 Å². The van der Waals surface area contributed by atoms with E-state index in [2.05, 4.69) is 64.2 Å². The number of hydrogen-bond acceptors (Lipinski definition) is 1. The second-order valence-corrected chi connectivity index (χ2v) is 4.54. The average molecular weight is 232 g/mol. The summed E-state index contributed by atoms with van der Waals surface area (Å²) in [5.41, 5.74) is 6.06. The Kier molecular flexibility index (Phi) is 1.92. The summed E-state index contributed by atoms with van der Waals surface area (Å²) in [5.74, 6) is 0. The molecule has 3 aliphatic rings. The summed E-state index contributed by atoms with van der Waals surface area (Å²) in [4.78, 5) is 4.44. The van der Waals surface area contributed by atoms with Gasteiger partial charge in [-0.2, -0.15) is 0 Å². The van der Waals surface area contributed by atoms with Crippen molar-refractivity contribution >= 4 is 6.08 Å². The molecule has 0 saturated carbocycles. The van der Waals surface area contributed by atoms with Crippen molar-refractivity contribution in [3.05, 3.63) is 60.4 Å². The zero-order valence-corrected chi connectivity index (χ0v) is 9.88. The van der Waals surface area contributed by atoms with Crippen molar-refractivity contribution < 1.29 is 0 Å². The molecule has 0 saturated heterocycles. The highest BCUT2D eigenvalue weighted by Gasteiger charge is 2.18. The van der Waals surface area contributed by atoms with Crippen molar-refractivity contribution in [3.63, 3.8) is 0 Å². The molecule has 0 atom stereocenters. The number of fused-ring (bicyclic) bond motifs is 2. The van der Waals surface area contributed by atoms with Crippen LogP contribution in [-0.4, -0.2) is 9.55 Å². The van der Waals surface area contributed by atoms with Crippen LogP contribution in [0.15, 0.2) is 54.7 Å². The van der Waals surface area contributed by atoms with Gasteiger partial charge in [0.05, 0.1) is 11.4 Å². The summed E-state index contributed by atoms with van der Waals surface area (Å²) in [6.45, 7) is 0.945. The lowest BCUT2D eigenvalue weighted by Crippen LogP contribution is -2.04. The van der Waals surface area contributed by atoms with Gasteiger partial charge in [-0.15, -0.1) is 0 Å². The molecule has 18 heavy (non-hydrogen) atoms. The molecule has 0 aliphatic carbocycles. The summed E-state index contributed by atoms with van der Waals surface area (Å²) in [6, 6.07) is 14.8. The average Bonchev–Trinajstić information content (AvgIpc) is 3.04. The molecule has 0 amide bonds. The number of benzene rings is 1. The van der Waals surface area contributed by atoms with Crippen molar-refractivity contribution in [1.29, 1.82) is 0 Å². The van der Waals surface area contributed by atoms with Gasteiger partial charge >= 0.3 is 0 Å². The van der Waals surface area contributed by atoms with Crippen LogP contribution in [0.2, 0.25) is 0 Å². The number of hydrogen-bond donors (Lipinski definition) is 0. The highest BCUT2D eigenvalue weighted by molar-refractivity contribution is 5.83. The Morgan fingerprint density at radius 1 is 1.06 bits per heavy atom. The quantitative estimate of drug-likeness (QED) is 0.625. The van der Waals surface area contributed by atoms with Crippen molar-refractivity contribution in [2.45, 2.75) is 6.54 Å². The Morgan fingerprint density at radius 3 is 2.83 bits per heavy atom. The van der Waals surface area contributed by atoms with Gasteiger partial charge in [0.25, 0.3) is 0 Å². The molecule has 0 bridgehead atoms. The topological polar surface area (TPSA) is 17.8 Å². The number of allylic oxidation sites excluding steroid dienone is 1. The molecule has 3 aliphatic heterocycles. The van der Waals surface area contributed by atoms with E-state index in [0.717, 1.165) is 12.2 Å². The maximum Gasteiger partial charge on any atom is 0.0744 e. The van der Waals surface area contributed by atoms with E-state index in [9.17, 15) is 0 Å². The second-order valence-electron chi connectivity index (χ2n) is 4.54. The van der Waals surface area contributed by atoms with E-state index in [1.54, 1.807) is 0 Å². The molecule has 86 valence electrons. The fourth-order valence-electron chi connectivity index (χ4n) is 2.68. The van der Waals surface area contributed by atoms with Gasteiger partial charge in [0.15, 0.2) is 0 Å². The maximum absolute atomic E-state index is 4.44. The lowest BCUT2D eigenvalue weighted by molar-refractivity contribution is 0.840. The van der Waals surface area contributed by atoms with Crippen LogP contribution in [-0.2, 0) is 6.54 Å². The molecule has 0 spiro atoms. The molecular formula is C16H12N2.